The third-order valence-electron chi connectivity index (χ3n) is 10.5. The normalized spacial score (nSPS) is 11.9. The van der Waals surface area contributed by atoms with Crippen LogP contribution >= 0.6 is 0 Å². The van der Waals surface area contributed by atoms with E-state index in [4.69, 9.17) is 4.42 Å². The molecular weight excluding hydrogens is 633 g/mol. The highest BCUT2D eigenvalue weighted by atomic mass is 16.3. The van der Waals surface area contributed by atoms with Gasteiger partial charge in [-0.05, 0) is 102 Å². The topological polar surface area (TPSA) is 23.0 Å². The van der Waals surface area contributed by atoms with Crippen LogP contribution in [-0.2, 0) is 0 Å². The minimum absolute atomic E-state index is 0.880. The van der Waals surface area contributed by atoms with Crippen molar-refractivity contribution in [2.75, 3.05) is 0 Å². The van der Waals surface area contributed by atoms with Gasteiger partial charge in [-0.1, -0.05) is 110 Å². The number of hydrogen-bond donors (Lipinski definition) is 0. The second-order valence-electron chi connectivity index (χ2n) is 13.4. The quantitative estimate of drug-likeness (QED) is 0.162. The Morgan fingerprint density at radius 2 is 1.12 bits per heavy atom. The molecule has 0 N–H and O–H groups in total. The van der Waals surface area contributed by atoms with Crippen LogP contribution in [0.25, 0.3) is 94.4 Å². The smallest absolute Gasteiger partial charge is 0.136 e. The summed E-state index contributed by atoms with van der Waals surface area (Å²) in [5, 5.41) is 5.89. The molecule has 3 aromatic heterocycles. The highest BCUT2D eigenvalue weighted by Gasteiger charge is 2.20. The number of aromatic nitrogens is 2. The van der Waals surface area contributed by atoms with Crippen molar-refractivity contribution < 1.29 is 4.42 Å². The first-order valence-corrected chi connectivity index (χ1v) is 17.7. The number of para-hydroxylation sites is 4. The lowest BCUT2D eigenvalue weighted by atomic mass is 9.93. The van der Waals surface area contributed by atoms with Gasteiger partial charge in [-0.2, -0.15) is 0 Å². The summed E-state index contributed by atoms with van der Waals surface area (Å²) in [5.74, 6) is 0. The molecule has 0 aliphatic rings. The molecule has 3 nitrogen and oxygen atoms in total. The molecule has 0 spiro atoms. The van der Waals surface area contributed by atoms with E-state index < -0.39 is 0 Å². The molecule has 3 heterocycles. The Bertz CT molecular complexity index is 3030. The van der Waals surface area contributed by atoms with Gasteiger partial charge in [0.2, 0.25) is 0 Å². The highest BCUT2D eigenvalue weighted by molar-refractivity contribution is 6.15. The van der Waals surface area contributed by atoms with Crippen molar-refractivity contribution in [3.8, 4) is 33.6 Å². The lowest BCUT2D eigenvalue weighted by Gasteiger charge is -2.11. The van der Waals surface area contributed by atoms with Gasteiger partial charge in [0, 0.05) is 49.6 Å². The molecular formula is C49H34N2O. The molecule has 0 saturated heterocycles. The van der Waals surface area contributed by atoms with Crippen LogP contribution in [0.4, 0.5) is 0 Å². The standard InChI is InChI=1S/C49H34N2O/c1-3-4-19-38-32(2)50(36-15-7-5-8-16-36)45-27-25-34(29-42(38)45)41-30-35(31-48-49(41)40-21-12-14-23-47(40)52-48)33-24-26-46-43(28-33)39-20-11-13-22-44(39)51(46)37-17-9-6-10-18-37/h3-31H,1H2,2H3/b19-4-. The third kappa shape index (κ3) is 4.60. The molecule has 10 rings (SSSR count). The second-order valence-corrected chi connectivity index (χ2v) is 13.4. The van der Waals surface area contributed by atoms with Crippen LogP contribution in [0.1, 0.15) is 11.3 Å². The van der Waals surface area contributed by atoms with E-state index in [2.05, 4.69) is 180 Å². The fraction of sp³-hybridized carbons (Fsp3) is 0.0204. The predicted molar refractivity (Wildman–Crippen MR) is 220 cm³/mol. The molecule has 0 bridgehead atoms. The molecule has 52 heavy (non-hydrogen) atoms. The molecule has 0 aliphatic heterocycles. The van der Waals surface area contributed by atoms with Crippen molar-refractivity contribution in [2.45, 2.75) is 6.92 Å². The Labute approximate surface area is 301 Å². The van der Waals surface area contributed by atoms with Crippen LogP contribution < -0.4 is 0 Å². The van der Waals surface area contributed by atoms with Crippen molar-refractivity contribution in [3.63, 3.8) is 0 Å². The first-order valence-electron chi connectivity index (χ1n) is 17.7. The zero-order valence-corrected chi connectivity index (χ0v) is 28.8. The number of allylic oxidation sites excluding steroid dienone is 2. The summed E-state index contributed by atoms with van der Waals surface area (Å²) in [6.45, 7) is 6.16. The Morgan fingerprint density at radius 3 is 1.88 bits per heavy atom. The maximum Gasteiger partial charge on any atom is 0.136 e. The molecule has 0 unspecified atom stereocenters. The van der Waals surface area contributed by atoms with Gasteiger partial charge in [-0.3, -0.25) is 0 Å². The first kappa shape index (κ1) is 30.0. The van der Waals surface area contributed by atoms with Crippen LogP contribution in [-0.4, -0.2) is 9.13 Å². The van der Waals surface area contributed by atoms with Crippen LogP contribution in [0.15, 0.2) is 181 Å². The summed E-state index contributed by atoms with van der Waals surface area (Å²) in [7, 11) is 0. The summed E-state index contributed by atoms with van der Waals surface area (Å²) in [6, 6.07) is 56.5. The Kier molecular flexibility index (Phi) is 6.87. The minimum Gasteiger partial charge on any atom is -0.456 e. The molecule has 10 aromatic rings. The summed E-state index contributed by atoms with van der Waals surface area (Å²) in [4.78, 5) is 0. The van der Waals surface area contributed by atoms with Gasteiger partial charge >= 0.3 is 0 Å². The summed E-state index contributed by atoms with van der Waals surface area (Å²) >= 11 is 0. The minimum atomic E-state index is 0.880. The molecule has 0 fully saturated rings. The number of benzene rings is 7. The van der Waals surface area contributed by atoms with Gasteiger partial charge in [0.15, 0.2) is 0 Å². The molecule has 0 saturated carbocycles. The van der Waals surface area contributed by atoms with Gasteiger partial charge in [0.05, 0.1) is 16.6 Å². The van der Waals surface area contributed by atoms with Crippen molar-refractivity contribution in [1.82, 2.24) is 9.13 Å². The van der Waals surface area contributed by atoms with Gasteiger partial charge in [-0.15, -0.1) is 0 Å². The molecule has 3 heteroatoms. The molecule has 246 valence electrons. The van der Waals surface area contributed by atoms with Crippen LogP contribution in [0.5, 0.6) is 0 Å². The Hall–Kier alpha value is -6.84. The van der Waals surface area contributed by atoms with Gasteiger partial charge in [-0.25, -0.2) is 0 Å². The van der Waals surface area contributed by atoms with Crippen LogP contribution in [0.3, 0.4) is 0 Å². The monoisotopic (exact) mass is 666 g/mol. The van der Waals surface area contributed by atoms with Gasteiger partial charge < -0.3 is 13.6 Å². The zero-order valence-electron chi connectivity index (χ0n) is 28.8. The molecule has 0 atom stereocenters. The number of rotatable bonds is 6. The second kappa shape index (κ2) is 11.9. The van der Waals surface area contributed by atoms with Crippen molar-refractivity contribution in [1.29, 1.82) is 0 Å². The third-order valence-corrected chi connectivity index (χ3v) is 10.5. The fourth-order valence-electron chi connectivity index (χ4n) is 8.15. The van der Waals surface area contributed by atoms with E-state index in [0.717, 1.165) is 55.6 Å². The Morgan fingerprint density at radius 1 is 0.500 bits per heavy atom. The van der Waals surface area contributed by atoms with Crippen molar-refractivity contribution in [3.05, 3.63) is 188 Å². The first-order chi connectivity index (χ1) is 25.7. The lowest BCUT2D eigenvalue weighted by molar-refractivity contribution is 0.669. The van der Waals surface area contributed by atoms with Gasteiger partial charge in [0.25, 0.3) is 0 Å². The maximum atomic E-state index is 6.61. The largest absolute Gasteiger partial charge is 0.456 e. The lowest BCUT2D eigenvalue weighted by Crippen LogP contribution is -1.96. The summed E-state index contributed by atoms with van der Waals surface area (Å²) in [5.41, 5.74) is 14.5. The summed E-state index contributed by atoms with van der Waals surface area (Å²) in [6.07, 6.45) is 6.04. The summed E-state index contributed by atoms with van der Waals surface area (Å²) < 4.78 is 11.3. The number of fused-ring (bicyclic) bond motifs is 7. The van der Waals surface area contributed by atoms with E-state index in [1.54, 1.807) is 0 Å². The van der Waals surface area contributed by atoms with E-state index in [1.165, 1.54) is 44.0 Å². The average Bonchev–Trinajstić information content (AvgIpc) is 3.83. The van der Waals surface area contributed by atoms with E-state index in [-0.39, 0.29) is 0 Å². The van der Waals surface area contributed by atoms with Crippen molar-refractivity contribution >= 4 is 60.7 Å². The fourth-order valence-corrected chi connectivity index (χ4v) is 8.15. The van der Waals surface area contributed by atoms with E-state index in [0.29, 0.717) is 0 Å². The highest BCUT2D eigenvalue weighted by Crippen LogP contribution is 2.43. The molecule has 0 amide bonds. The molecule has 0 aliphatic carbocycles. The van der Waals surface area contributed by atoms with Gasteiger partial charge in [0.1, 0.15) is 11.2 Å². The predicted octanol–water partition coefficient (Wildman–Crippen LogP) is 13.5. The average molecular weight is 667 g/mol. The number of hydrogen-bond acceptors (Lipinski definition) is 1. The maximum absolute atomic E-state index is 6.61. The number of furan rings is 1. The molecule has 7 aromatic carbocycles. The Balaban J connectivity index is 1.22. The SMILES string of the molecule is C=C/C=C\c1c(C)n(-c2ccccc2)c2ccc(-c3cc(-c4ccc5c(c4)c4ccccc4n5-c4ccccc4)cc4oc5ccccc5c34)cc12. The van der Waals surface area contributed by atoms with Crippen molar-refractivity contribution in [2.24, 2.45) is 0 Å². The van der Waals surface area contributed by atoms with E-state index >= 15 is 0 Å². The zero-order chi connectivity index (χ0) is 34.8. The molecule has 0 radical (unpaired) electrons. The van der Waals surface area contributed by atoms with E-state index in [9.17, 15) is 0 Å². The van der Waals surface area contributed by atoms with Crippen LogP contribution in [0, 0.1) is 6.92 Å². The number of nitrogens with zero attached hydrogens (tertiary/aromatic N) is 2. The van der Waals surface area contributed by atoms with E-state index in [1.807, 2.05) is 18.2 Å². The van der Waals surface area contributed by atoms with Crippen LogP contribution in [0.2, 0.25) is 0 Å².